The monoisotopic (exact) mass is 736 g/mol. The summed E-state index contributed by atoms with van der Waals surface area (Å²) in [6, 6.07) is 81.9. The van der Waals surface area contributed by atoms with E-state index in [1.807, 2.05) is 0 Å². The molecule has 3 aliphatic rings. The Labute approximate surface area is 336 Å². The molecule has 14 rings (SSSR count). The lowest BCUT2D eigenvalue weighted by Crippen LogP contribution is -2.52. The first-order valence-electron chi connectivity index (χ1n) is 20.3. The predicted molar refractivity (Wildman–Crippen MR) is 239 cm³/mol. The molecule has 0 amide bonds. The van der Waals surface area contributed by atoms with Crippen molar-refractivity contribution in [3.63, 3.8) is 0 Å². The molecule has 2 bridgehead atoms. The summed E-state index contributed by atoms with van der Waals surface area (Å²) >= 11 is 0. The van der Waals surface area contributed by atoms with Crippen LogP contribution < -0.4 is 0 Å². The number of rotatable bonds is 4. The predicted octanol–water partition coefficient (Wildman–Crippen LogP) is 13.3. The first-order chi connectivity index (χ1) is 28.8. The smallest absolute Gasteiger partial charge is 0.0712 e. The maximum atomic E-state index is 2.53. The van der Waals surface area contributed by atoms with Crippen molar-refractivity contribution in [3.05, 3.63) is 263 Å². The van der Waals surface area contributed by atoms with Crippen molar-refractivity contribution < 1.29 is 0 Å². The Morgan fingerprint density at radius 3 is 0.897 bits per heavy atom. The van der Waals surface area contributed by atoms with Crippen molar-refractivity contribution in [1.82, 2.24) is 9.13 Å². The summed E-state index contributed by atoms with van der Waals surface area (Å²) in [6.45, 7) is 0. The molecule has 2 heterocycles. The van der Waals surface area contributed by atoms with E-state index in [0.29, 0.717) is 0 Å². The van der Waals surface area contributed by atoms with E-state index in [-0.39, 0.29) is 0 Å². The molecule has 58 heavy (non-hydrogen) atoms. The molecule has 2 heteroatoms. The van der Waals surface area contributed by atoms with Crippen LogP contribution in [0, 0.1) is 0 Å². The summed E-state index contributed by atoms with van der Waals surface area (Å²) in [6.07, 6.45) is 0. The second kappa shape index (κ2) is 11.6. The Bertz CT molecular complexity index is 3120. The summed E-state index contributed by atoms with van der Waals surface area (Å²) in [5, 5.41) is 5.07. The van der Waals surface area contributed by atoms with Crippen LogP contribution in [0.5, 0.6) is 0 Å². The minimum absolute atomic E-state index is 0.576. The maximum Gasteiger partial charge on any atom is 0.0712 e. The zero-order valence-corrected chi connectivity index (χ0v) is 31.7. The van der Waals surface area contributed by atoms with Crippen LogP contribution in [0.3, 0.4) is 0 Å². The van der Waals surface area contributed by atoms with Crippen LogP contribution in [0.1, 0.15) is 44.5 Å². The summed E-state index contributed by atoms with van der Waals surface area (Å²) < 4.78 is 4.94. The number of benzene rings is 9. The van der Waals surface area contributed by atoms with E-state index in [2.05, 4.69) is 228 Å². The molecule has 0 saturated heterocycles. The summed E-state index contributed by atoms with van der Waals surface area (Å²) in [5.41, 5.74) is 16.6. The average Bonchev–Trinajstić information content (AvgIpc) is 3.82. The third-order valence-electron chi connectivity index (χ3n) is 13.4. The molecular formula is C56H36N2. The van der Waals surface area contributed by atoms with Gasteiger partial charge in [0.2, 0.25) is 0 Å². The highest BCUT2D eigenvalue weighted by Gasteiger charge is 2.60. The molecule has 2 atom stereocenters. The molecule has 3 aliphatic carbocycles. The minimum Gasteiger partial charge on any atom is -0.309 e. The van der Waals surface area contributed by atoms with Crippen LogP contribution in [0.15, 0.2) is 218 Å². The molecule has 2 aromatic heterocycles. The van der Waals surface area contributed by atoms with Gasteiger partial charge in [-0.15, -0.1) is 0 Å². The van der Waals surface area contributed by atoms with Gasteiger partial charge >= 0.3 is 0 Å². The lowest BCUT2D eigenvalue weighted by atomic mass is 9.44. The highest BCUT2D eigenvalue weighted by Crippen LogP contribution is 2.66. The Morgan fingerprint density at radius 2 is 0.534 bits per heavy atom. The SMILES string of the molecule is c1ccc(C23c4ccccc4C(c4ccccc4)(c4ccc(-n5c6ccccc6c6ccccc65)cc42)c2cc(-n4c5ccccc5c5ccccc54)ccc23)cc1. The normalized spacial score (nSPS) is 17.8. The van der Waals surface area contributed by atoms with Gasteiger partial charge in [-0.25, -0.2) is 0 Å². The molecule has 0 spiro atoms. The molecule has 2 nitrogen and oxygen atoms in total. The molecule has 9 aromatic carbocycles. The summed E-state index contributed by atoms with van der Waals surface area (Å²) in [5.74, 6) is 0. The van der Waals surface area contributed by atoms with Gasteiger partial charge in [0.1, 0.15) is 0 Å². The molecule has 0 radical (unpaired) electrons. The van der Waals surface area contributed by atoms with Gasteiger partial charge < -0.3 is 9.13 Å². The van der Waals surface area contributed by atoms with Crippen LogP contribution in [0.4, 0.5) is 0 Å². The zero-order chi connectivity index (χ0) is 38.0. The lowest BCUT2D eigenvalue weighted by Gasteiger charge is -2.57. The van der Waals surface area contributed by atoms with Crippen LogP contribution in [0.25, 0.3) is 55.0 Å². The van der Waals surface area contributed by atoms with Crippen LogP contribution in [-0.2, 0) is 10.8 Å². The van der Waals surface area contributed by atoms with E-state index < -0.39 is 10.8 Å². The quantitative estimate of drug-likeness (QED) is 0.170. The van der Waals surface area contributed by atoms with Crippen molar-refractivity contribution in [2.75, 3.05) is 0 Å². The fraction of sp³-hybridized carbons (Fsp3) is 0.0357. The molecule has 2 unspecified atom stereocenters. The van der Waals surface area contributed by atoms with Crippen molar-refractivity contribution in [2.45, 2.75) is 10.8 Å². The fourth-order valence-electron chi connectivity index (χ4n) is 11.3. The van der Waals surface area contributed by atoms with Crippen LogP contribution >= 0.6 is 0 Å². The van der Waals surface area contributed by atoms with Crippen molar-refractivity contribution in [3.8, 4) is 11.4 Å². The van der Waals surface area contributed by atoms with Gasteiger partial charge in [0, 0.05) is 32.9 Å². The van der Waals surface area contributed by atoms with E-state index >= 15 is 0 Å². The summed E-state index contributed by atoms with van der Waals surface area (Å²) in [4.78, 5) is 0. The van der Waals surface area contributed by atoms with E-state index in [1.54, 1.807) is 0 Å². The Morgan fingerprint density at radius 1 is 0.241 bits per heavy atom. The van der Waals surface area contributed by atoms with Gasteiger partial charge in [-0.1, -0.05) is 170 Å². The number of hydrogen-bond acceptors (Lipinski definition) is 0. The third-order valence-corrected chi connectivity index (χ3v) is 13.4. The molecule has 0 N–H and O–H groups in total. The fourth-order valence-corrected chi connectivity index (χ4v) is 11.3. The molecule has 0 fully saturated rings. The topological polar surface area (TPSA) is 9.86 Å². The first kappa shape index (κ1) is 31.7. The number of nitrogens with zero attached hydrogens (tertiary/aromatic N) is 2. The number of fused-ring (bicyclic) bond motifs is 6. The highest BCUT2D eigenvalue weighted by atomic mass is 15.0. The molecule has 0 aliphatic heterocycles. The van der Waals surface area contributed by atoms with Gasteiger partial charge in [-0.2, -0.15) is 0 Å². The first-order valence-corrected chi connectivity index (χ1v) is 20.3. The van der Waals surface area contributed by atoms with Gasteiger partial charge in [-0.05, 0) is 93.0 Å². The van der Waals surface area contributed by atoms with Gasteiger partial charge in [0.15, 0.2) is 0 Å². The van der Waals surface area contributed by atoms with E-state index in [4.69, 9.17) is 0 Å². The van der Waals surface area contributed by atoms with Crippen LogP contribution in [-0.4, -0.2) is 9.13 Å². The van der Waals surface area contributed by atoms with E-state index in [0.717, 1.165) is 0 Å². The number of para-hydroxylation sites is 4. The largest absolute Gasteiger partial charge is 0.309 e. The Hall–Kier alpha value is -7.42. The minimum atomic E-state index is -0.576. The van der Waals surface area contributed by atoms with Gasteiger partial charge in [0.05, 0.1) is 32.9 Å². The Kier molecular flexibility index (Phi) is 6.33. The lowest BCUT2D eigenvalue weighted by molar-refractivity contribution is 0.556. The van der Waals surface area contributed by atoms with Gasteiger partial charge in [-0.3, -0.25) is 0 Å². The second-order valence-electron chi connectivity index (χ2n) is 16.0. The standard InChI is InChI=1S/C56H36N2/c1-3-17-37(18-4-1)55-45-25-11-12-26-46(45)56(38-19-5-2-6-20-38,48-34-32-39(35-49(48)55)57-51-27-13-7-21-41(51)42-22-8-14-28-52(42)57)50-36-40(31-33-47(50)55)58-53-29-15-9-23-43(53)44-24-10-16-30-54(44)58/h1-36H. The van der Waals surface area contributed by atoms with Crippen molar-refractivity contribution >= 4 is 43.6 Å². The van der Waals surface area contributed by atoms with Gasteiger partial charge in [0.25, 0.3) is 0 Å². The second-order valence-corrected chi connectivity index (χ2v) is 16.0. The van der Waals surface area contributed by atoms with E-state index in [9.17, 15) is 0 Å². The summed E-state index contributed by atoms with van der Waals surface area (Å²) in [7, 11) is 0. The maximum absolute atomic E-state index is 2.53. The highest BCUT2D eigenvalue weighted by molar-refractivity contribution is 6.10. The van der Waals surface area contributed by atoms with Crippen LogP contribution in [0.2, 0.25) is 0 Å². The molecule has 270 valence electrons. The van der Waals surface area contributed by atoms with E-state index in [1.165, 1.54) is 99.5 Å². The van der Waals surface area contributed by atoms with Crippen molar-refractivity contribution in [2.24, 2.45) is 0 Å². The average molecular weight is 737 g/mol. The molecule has 11 aromatic rings. The zero-order valence-electron chi connectivity index (χ0n) is 31.7. The third kappa shape index (κ3) is 3.82. The van der Waals surface area contributed by atoms with Crippen molar-refractivity contribution in [1.29, 1.82) is 0 Å². The molecule has 0 saturated carbocycles. The number of aromatic nitrogens is 2. The number of hydrogen-bond donors (Lipinski definition) is 0. The molecular weight excluding hydrogens is 701 g/mol. The Balaban J connectivity index is 1.20.